The van der Waals surface area contributed by atoms with Gasteiger partial charge in [0.15, 0.2) is 11.8 Å². The molecule has 2 aromatic carbocycles. The van der Waals surface area contributed by atoms with E-state index in [1.165, 1.54) is 4.57 Å². The molecule has 0 spiro atoms. The third-order valence-corrected chi connectivity index (χ3v) is 7.34. The molecule has 0 saturated heterocycles. The molecule has 0 saturated carbocycles. The molecule has 0 unspecified atom stereocenters. The van der Waals surface area contributed by atoms with Gasteiger partial charge < -0.3 is 27.5 Å². The summed E-state index contributed by atoms with van der Waals surface area (Å²) in [6, 6.07) is 13.2. The number of hydrogen-bond donors (Lipinski definition) is 5. The van der Waals surface area contributed by atoms with Gasteiger partial charge in [-0.3, -0.25) is 9.56 Å². The summed E-state index contributed by atoms with van der Waals surface area (Å²) in [5.41, 5.74) is 20.2. The first-order chi connectivity index (χ1) is 19.5. The van der Waals surface area contributed by atoms with Crippen molar-refractivity contribution >= 4 is 28.6 Å². The molecule has 0 aliphatic rings. The Labute approximate surface area is 244 Å². The summed E-state index contributed by atoms with van der Waals surface area (Å²) in [4.78, 5) is 24.4. The highest BCUT2D eigenvalue weighted by Gasteiger charge is 2.16. The lowest BCUT2D eigenvalue weighted by atomic mass is 10.0. The Balaban J connectivity index is 1.53. The lowest BCUT2D eigenvalue weighted by Crippen LogP contribution is -2.27. The van der Waals surface area contributed by atoms with Crippen LogP contribution in [0.15, 0.2) is 58.4 Å². The largest absolute Gasteiger partial charge is 0.370 e. The molecular weight excluding hydrogens is 543 g/mol. The average molecular weight is 581 g/mol. The first-order valence-corrected chi connectivity index (χ1v) is 14.2. The molecule has 0 radical (unpaired) electrons. The molecule has 218 valence electrons. The average Bonchev–Trinajstić information content (AvgIpc) is 3.32. The standard InChI is InChI=1S/C30H38ClFN8O/c1-17(33)5-4-6-20-13-24(27(32)25(31)14-20)26-15-22-16-40(30(41)39-28(22)38-26)23-9-7-21(8-10-23)19(3)36-12-11-18(2)37-29(34)35/h7-10,13-19,36H,4-6,11-12,33H2,1-3H3,(H4,34,35,37)(H,38,39,41)/t17-,18-,19-/m0/s1. The number of benzene rings is 2. The highest BCUT2D eigenvalue weighted by molar-refractivity contribution is 6.31. The minimum absolute atomic E-state index is 0.0352. The third kappa shape index (κ3) is 7.72. The number of nitrogens with zero attached hydrogens (tertiary/aromatic N) is 3. The smallest absolute Gasteiger partial charge is 0.354 e. The van der Waals surface area contributed by atoms with E-state index in [0.29, 0.717) is 28.0 Å². The second-order valence-corrected chi connectivity index (χ2v) is 11.1. The minimum atomic E-state index is -0.520. The van der Waals surface area contributed by atoms with Gasteiger partial charge in [0.2, 0.25) is 0 Å². The number of rotatable bonds is 12. The van der Waals surface area contributed by atoms with Gasteiger partial charge in [0, 0.05) is 29.2 Å². The molecule has 9 nitrogen and oxygen atoms in total. The van der Waals surface area contributed by atoms with Gasteiger partial charge >= 0.3 is 5.69 Å². The summed E-state index contributed by atoms with van der Waals surface area (Å²) in [6.45, 7) is 6.74. The molecule has 0 aliphatic carbocycles. The Bertz CT molecular complexity index is 1570. The van der Waals surface area contributed by atoms with Crippen LogP contribution in [0.5, 0.6) is 0 Å². The second-order valence-electron chi connectivity index (χ2n) is 10.6. The fourth-order valence-corrected chi connectivity index (χ4v) is 5.05. The number of aromatic amines is 1. The van der Waals surface area contributed by atoms with Crippen LogP contribution in [-0.2, 0) is 6.42 Å². The molecule has 8 N–H and O–H groups in total. The predicted molar refractivity (Wildman–Crippen MR) is 165 cm³/mol. The molecule has 0 bridgehead atoms. The Kier molecular flexibility index (Phi) is 9.80. The van der Waals surface area contributed by atoms with Crippen LogP contribution in [0.1, 0.15) is 57.2 Å². The summed E-state index contributed by atoms with van der Waals surface area (Å²) < 4.78 is 16.5. The number of nitrogens with one attached hydrogen (secondary N) is 2. The lowest BCUT2D eigenvalue weighted by molar-refractivity contribution is 0.529. The quantitative estimate of drug-likeness (QED) is 0.122. The Morgan fingerprint density at radius 3 is 2.56 bits per heavy atom. The van der Waals surface area contributed by atoms with Crippen LogP contribution in [0.2, 0.25) is 5.02 Å². The Morgan fingerprint density at radius 2 is 1.88 bits per heavy atom. The van der Waals surface area contributed by atoms with E-state index in [4.69, 9.17) is 28.8 Å². The van der Waals surface area contributed by atoms with Crippen molar-refractivity contribution in [1.29, 1.82) is 0 Å². The second kappa shape index (κ2) is 13.3. The third-order valence-electron chi connectivity index (χ3n) is 7.06. The molecule has 11 heteroatoms. The SMILES string of the molecule is C[C@H](N)CCCc1cc(Cl)c(F)c(-c2cc3cn(-c4ccc([C@H](C)NCC[C@H](C)N=C(N)N)cc4)c(=O)nc3[nH]2)c1. The number of aromatic nitrogens is 3. The van der Waals surface area contributed by atoms with Crippen molar-refractivity contribution in [3.63, 3.8) is 0 Å². The van der Waals surface area contributed by atoms with Gasteiger partial charge in [-0.25, -0.2) is 9.18 Å². The summed E-state index contributed by atoms with van der Waals surface area (Å²) in [6.07, 6.45) is 4.98. The van der Waals surface area contributed by atoms with E-state index >= 15 is 4.39 Å². The fourth-order valence-electron chi connectivity index (χ4n) is 4.81. The predicted octanol–water partition coefficient (Wildman–Crippen LogP) is 4.55. The normalized spacial score (nSPS) is 13.7. The van der Waals surface area contributed by atoms with E-state index in [9.17, 15) is 4.79 Å². The van der Waals surface area contributed by atoms with Gasteiger partial charge in [0.05, 0.1) is 22.4 Å². The van der Waals surface area contributed by atoms with Crippen molar-refractivity contribution < 1.29 is 4.39 Å². The summed E-state index contributed by atoms with van der Waals surface area (Å²) in [5, 5.41) is 4.19. The van der Waals surface area contributed by atoms with Gasteiger partial charge in [-0.1, -0.05) is 23.7 Å². The van der Waals surface area contributed by atoms with Crippen LogP contribution >= 0.6 is 11.6 Å². The number of guanidine groups is 1. The number of fused-ring (bicyclic) bond motifs is 1. The van der Waals surface area contributed by atoms with Gasteiger partial charge in [-0.15, -0.1) is 0 Å². The number of nitrogens with two attached hydrogens (primary N) is 3. The molecule has 0 amide bonds. The van der Waals surface area contributed by atoms with Crippen LogP contribution in [0, 0.1) is 5.82 Å². The maximum atomic E-state index is 15.1. The van der Waals surface area contributed by atoms with E-state index in [0.717, 1.165) is 43.4 Å². The highest BCUT2D eigenvalue weighted by Crippen LogP contribution is 2.31. The number of halogens is 2. The first-order valence-electron chi connectivity index (χ1n) is 13.8. The number of aryl methyl sites for hydroxylation is 1. The zero-order valence-corrected chi connectivity index (χ0v) is 24.4. The van der Waals surface area contributed by atoms with E-state index < -0.39 is 11.5 Å². The van der Waals surface area contributed by atoms with E-state index in [2.05, 4.69) is 27.2 Å². The topological polar surface area (TPSA) is 153 Å². The molecular formula is C30H38ClFN8O. The van der Waals surface area contributed by atoms with Crippen LogP contribution in [0.4, 0.5) is 4.39 Å². The van der Waals surface area contributed by atoms with E-state index in [1.807, 2.05) is 38.1 Å². The van der Waals surface area contributed by atoms with Crippen molar-refractivity contribution in [3.05, 3.63) is 81.1 Å². The van der Waals surface area contributed by atoms with E-state index in [1.54, 1.807) is 24.4 Å². The van der Waals surface area contributed by atoms with Gasteiger partial charge in [-0.2, -0.15) is 4.98 Å². The monoisotopic (exact) mass is 580 g/mol. The van der Waals surface area contributed by atoms with Gasteiger partial charge in [0.1, 0.15) is 5.65 Å². The number of hydrogen-bond acceptors (Lipinski definition) is 5. The summed E-state index contributed by atoms with van der Waals surface area (Å²) >= 11 is 6.23. The minimum Gasteiger partial charge on any atom is -0.370 e. The number of aliphatic imine (C=N–C) groups is 1. The van der Waals surface area contributed by atoms with Crippen LogP contribution in [-0.4, -0.2) is 39.1 Å². The van der Waals surface area contributed by atoms with Gasteiger partial charge in [0.25, 0.3) is 0 Å². The molecule has 4 aromatic rings. The maximum absolute atomic E-state index is 15.1. The van der Waals surface area contributed by atoms with Crippen molar-refractivity contribution in [2.45, 2.75) is 64.6 Å². The molecule has 4 rings (SSSR count). The number of H-pyrrole nitrogens is 1. The molecule has 2 heterocycles. The Hall–Kier alpha value is -3.73. The highest BCUT2D eigenvalue weighted by atomic mass is 35.5. The van der Waals surface area contributed by atoms with Crippen molar-refractivity contribution in [2.75, 3.05) is 6.54 Å². The van der Waals surface area contributed by atoms with Gasteiger partial charge in [-0.05, 0) is 94.5 Å². The van der Waals surface area contributed by atoms with Crippen LogP contribution in [0.25, 0.3) is 28.0 Å². The molecule has 41 heavy (non-hydrogen) atoms. The molecule has 0 fully saturated rings. The molecule has 2 aromatic heterocycles. The zero-order valence-electron chi connectivity index (χ0n) is 23.6. The molecule has 3 atom stereocenters. The molecule has 0 aliphatic heterocycles. The van der Waals surface area contributed by atoms with Crippen molar-refractivity contribution in [1.82, 2.24) is 19.9 Å². The first kappa shape index (κ1) is 30.2. The van der Waals surface area contributed by atoms with E-state index in [-0.39, 0.29) is 29.1 Å². The summed E-state index contributed by atoms with van der Waals surface area (Å²) in [5.74, 6) is -0.428. The lowest BCUT2D eigenvalue weighted by Gasteiger charge is -2.16. The fraction of sp³-hybridized carbons (Fsp3) is 0.367. The van der Waals surface area contributed by atoms with Crippen LogP contribution < -0.4 is 28.2 Å². The van der Waals surface area contributed by atoms with Crippen molar-refractivity contribution in [3.8, 4) is 16.9 Å². The summed E-state index contributed by atoms with van der Waals surface area (Å²) in [7, 11) is 0. The maximum Gasteiger partial charge on any atom is 0.354 e. The van der Waals surface area contributed by atoms with Crippen LogP contribution in [0.3, 0.4) is 0 Å². The van der Waals surface area contributed by atoms with Crippen molar-refractivity contribution in [2.24, 2.45) is 22.2 Å². The Morgan fingerprint density at radius 1 is 1.15 bits per heavy atom. The zero-order chi connectivity index (χ0) is 29.7.